The van der Waals surface area contributed by atoms with Gasteiger partial charge in [-0.1, -0.05) is 42.7 Å². The average molecular weight is 522 g/mol. The van der Waals surface area contributed by atoms with Gasteiger partial charge in [0, 0.05) is 19.2 Å². The molecule has 2 unspecified atom stereocenters. The molecule has 1 aromatic heterocycles. The highest BCUT2D eigenvalue weighted by atomic mass is 16.5. The highest BCUT2D eigenvalue weighted by Crippen LogP contribution is 2.33. The number of phenolic OH excluding ortho intramolecular Hbond substituents is 1. The first-order valence-corrected chi connectivity index (χ1v) is 13.4. The number of amides is 2. The van der Waals surface area contributed by atoms with Gasteiger partial charge in [0.05, 0.1) is 18.7 Å². The summed E-state index contributed by atoms with van der Waals surface area (Å²) in [5.74, 6) is -0.343. The van der Waals surface area contributed by atoms with Gasteiger partial charge in [-0.2, -0.15) is 0 Å². The number of rotatable bonds is 9. The first kappa shape index (κ1) is 26.0. The number of carbonyl (C=O) groups excluding carboxylic acids is 2. The number of aromatic nitrogens is 3. The van der Waals surface area contributed by atoms with Crippen molar-refractivity contribution >= 4 is 22.8 Å². The molecule has 0 radical (unpaired) electrons. The predicted octanol–water partition coefficient (Wildman–Crippen LogP) is 3.34. The molecule has 3 aromatic rings. The second-order valence-electron chi connectivity index (χ2n) is 10.1. The highest BCUT2D eigenvalue weighted by Gasteiger charge is 2.36. The Morgan fingerprint density at radius 2 is 1.97 bits per heavy atom. The number of nitrogens with zero attached hydrogens (tertiary/aromatic N) is 4. The summed E-state index contributed by atoms with van der Waals surface area (Å²) in [6.07, 6.45) is 6.66. The first-order chi connectivity index (χ1) is 18.5. The molecule has 2 N–H and O–H groups in total. The Kier molecular flexibility index (Phi) is 8.07. The fourth-order valence-electron chi connectivity index (χ4n) is 5.49. The number of para-hydroxylation sites is 1. The van der Waals surface area contributed by atoms with Crippen LogP contribution in [-0.4, -0.2) is 69.2 Å². The van der Waals surface area contributed by atoms with E-state index in [1.807, 2.05) is 24.3 Å². The fourth-order valence-corrected chi connectivity index (χ4v) is 5.49. The van der Waals surface area contributed by atoms with E-state index in [-0.39, 0.29) is 42.8 Å². The van der Waals surface area contributed by atoms with Crippen LogP contribution in [0.15, 0.2) is 42.5 Å². The number of carbonyl (C=O) groups is 2. The second-order valence-corrected chi connectivity index (χ2v) is 10.1. The summed E-state index contributed by atoms with van der Waals surface area (Å²) in [4.78, 5) is 29.5. The van der Waals surface area contributed by atoms with Crippen LogP contribution in [0.25, 0.3) is 11.0 Å². The molecule has 1 saturated carbocycles. The molecule has 38 heavy (non-hydrogen) atoms. The van der Waals surface area contributed by atoms with Crippen molar-refractivity contribution in [2.45, 2.75) is 69.7 Å². The smallest absolute Gasteiger partial charge is 0.247 e. The highest BCUT2D eigenvalue weighted by molar-refractivity contribution is 5.89. The molecule has 0 bridgehead atoms. The van der Waals surface area contributed by atoms with E-state index >= 15 is 0 Å². The minimum Gasteiger partial charge on any atom is -0.504 e. The Hall–Kier alpha value is -3.66. The van der Waals surface area contributed by atoms with E-state index in [0.717, 1.165) is 50.5 Å². The minimum absolute atomic E-state index is 0.0598. The lowest BCUT2D eigenvalue weighted by Crippen LogP contribution is -2.49. The summed E-state index contributed by atoms with van der Waals surface area (Å²) in [7, 11) is 1.47. The first-order valence-electron chi connectivity index (χ1n) is 13.4. The van der Waals surface area contributed by atoms with Gasteiger partial charge in [0.1, 0.15) is 18.1 Å². The van der Waals surface area contributed by atoms with Crippen molar-refractivity contribution in [1.82, 2.24) is 25.2 Å². The van der Waals surface area contributed by atoms with E-state index in [0.29, 0.717) is 23.4 Å². The molecule has 1 aliphatic heterocycles. The van der Waals surface area contributed by atoms with Crippen molar-refractivity contribution in [3.05, 3.63) is 48.0 Å². The van der Waals surface area contributed by atoms with Crippen LogP contribution in [0.1, 0.15) is 56.6 Å². The second kappa shape index (κ2) is 11.8. The monoisotopic (exact) mass is 521 g/mol. The van der Waals surface area contributed by atoms with Gasteiger partial charge in [0.15, 0.2) is 11.5 Å². The molecule has 2 fully saturated rings. The number of benzene rings is 2. The molecule has 2 atom stereocenters. The van der Waals surface area contributed by atoms with Crippen LogP contribution in [0.2, 0.25) is 0 Å². The molecule has 10 heteroatoms. The average Bonchev–Trinajstić information content (AvgIpc) is 3.59. The van der Waals surface area contributed by atoms with E-state index < -0.39 is 6.04 Å². The molecule has 2 aliphatic rings. The summed E-state index contributed by atoms with van der Waals surface area (Å²) < 4.78 is 12.7. The van der Waals surface area contributed by atoms with Crippen molar-refractivity contribution in [3.63, 3.8) is 0 Å². The van der Waals surface area contributed by atoms with Gasteiger partial charge >= 0.3 is 0 Å². The van der Waals surface area contributed by atoms with Crippen LogP contribution in [0.3, 0.4) is 0 Å². The van der Waals surface area contributed by atoms with Gasteiger partial charge in [-0.3, -0.25) is 9.59 Å². The fraction of sp³-hybridized carbons (Fsp3) is 0.500. The Labute approximate surface area is 221 Å². The number of hydrogen-bond acceptors (Lipinski definition) is 7. The summed E-state index contributed by atoms with van der Waals surface area (Å²) in [6.45, 7) is 0.798. The van der Waals surface area contributed by atoms with E-state index in [9.17, 15) is 14.7 Å². The number of phenols is 1. The number of aromatic hydroxyl groups is 1. The molecule has 1 saturated heterocycles. The zero-order chi connectivity index (χ0) is 26.5. The van der Waals surface area contributed by atoms with Gasteiger partial charge in [-0.05, 0) is 55.5 Å². The normalized spacial score (nSPS) is 18.8. The van der Waals surface area contributed by atoms with E-state index in [1.165, 1.54) is 13.2 Å². The van der Waals surface area contributed by atoms with Crippen molar-refractivity contribution in [1.29, 1.82) is 0 Å². The molecule has 2 heterocycles. The third kappa shape index (κ3) is 5.75. The molecule has 202 valence electrons. The minimum atomic E-state index is -0.958. The van der Waals surface area contributed by atoms with E-state index in [1.54, 1.807) is 21.7 Å². The number of hydrogen-bond donors (Lipinski definition) is 2. The molecular weight excluding hydrogens is 486 g/mol. The lowest BCUT2D eigenvalue weighted by Gasteiger charge is -2.34. The molecule has 10 nitrogen and oxygen atoms in total. The van der Waals surface area contributed by atoms with Crippen LogP contribution >= 0.6 is 0 Å². The van der Waals surface area contributed by atoms with Crippen LogP contribution in [0.4, 0.5) is 0 Å². The van der Waals surface area contributed by atoms with E-state index in [2.05, 4.69) is 15.6 Å². The summed E-state index contributed by atoms with van der Waals surface area (Å²) in [5.41, 5.74) is 1.94. The number of fused-ring (bicyclic) bond motifs is 1. The number of ether oxygens (including phenoxy) is 2. The standard InChI is InChI=1S/C28H35N5O5/c1-37-25-14-13-19(16-24(25)34)27(28(36)29-20-8-3-2-4-9-20)32(17-21-10-7-15-38-21)26(35)18-33-23-12-6-5-11-22(23)30-31-33/h5-6,11-14,16,20-21,27,34H,2-4,7-10,15,17-18H2,1H3,(H,29,36). The van der Waals surface area contributed by atoms with Crippen molar-refractivity contribution < 1.29 is 24.2 Å². The zero-order valence-electron chi connectivity index (χ0n) is 21.7. The largest absolute Gasteiger partial charge is 0.504 e. The quantitative estimate of drug-likeness (QED) is 0.443. The maximum Gasteiger partial charge on any atom is 0.247 e. The van der Waals surface area contributed by atoms with Crippen molar-refractivity contribution in [3.8, 4) is 11.5 Å². The van der Waals surface area contributed by atoms with Gasteiger partial charge < -0.3 is 24.8 Å². The Morgan fingerprint density at radius 1 is 1.16 bits per heavy atom. The Bertz CT molecular complexity index is 1270. The van der Waals surface area contributed by atoms with Crippen LogP contribution in [-0.2, 0) is 20.9 Å². The molecule has 2 aromatic carbocycles. The van der Waals surface area contributed by atoms with Crippen molar-refractivity contribution in [2.24, 2.45) is 0 Å². The van der Waals surface area contributed by atoms with Crippen LogP contribution in [0.5, 0.6) is 11.5 Å². The third-order valence-corrected chi connectivity index (χ3v) is 7.48. The maximum absolute atomic E-state index is 14.0. The topological polar surface area (TPSA) is 119 Å². The molecule has 5 rings (SSSR count). The lowest BCUT2D eigenvalue weighted by molar-refractivity contribution is -0.143. The Balaban J connectivity index is 1.50. The van der Waals surface area contributed by atoms with Gasteiger partial charge in [-0.25, -0.2) is 4.68 Å². The molecule has 0 spiro atoms. The predicted molar refractivity (Wildman–Crippen MR) is 141 cm³/mol. The third-order valence-electron chi connectivity index (χ3n) is 7.48. The molecule has 1 aliphatic carbocycles. The van der Waals surface area contributed by atoms with Crippen LogP contribution < -0.4 is 10.1 Å². The summed E-state index contributed by atoms with van der Waals surface area (Å²) in [6, 6.07) is 11.4. The lowest BCUT2D eigenvalue weighted by atomic mass is 9.94. The SMILES string of the molecule is COc1ccc(C(C(=O)NC2CCCCC2)N(CC2CCCO2)C(=O)Cn2nnc3ccccc32)cc1O. The molecular formula is C28H35N5O5. The zero-order valence-corrected chi connectivity index (χ0v) is 21.7. The molecule has 2 amide bonds. The number of methoxy groups -OCH3 is 1. The van der Waals surface area contributed by atoms with E-state index in [4.69, 9.17) is 9.47 Å². The van der Waals surface area contributed by atoms with Gasteiger partial charge in [-0.15, -0.1) is 5.10 Å². The van der Waals surface area contributed by atoms with Gasteiger partial charge in [0.25, 0.3) is 0 Å². The Morgan fingerprint density at radius 3 is 2.71 bits per heavy atom. The van der Waals surface area contributed by atoms with Gasteiger partial charge in [0.2, 0.25) is 11.8 Å². The number of nitrogens with one attached hydrogen (secondary N) is 1. The van der Waals surface area contributed by atoms with Crippen molar-refractivity contribution in [2.75, 3.05) is 20.3 Å². The maximum atomic E-state index is 14.0. The summed E-state index contributed by atoms with van der Waals surface area (Å²) >= 11 is 0. The van der Waals surface area contributed by atoms with Crippen LogP contribution in [0, 0.1) is 0 Å². The summed E-state index contributed by atoms with van der Waals surface area (Å²) in [5, 5.41) is 22.1.